The van der Waals surface area contributed by atoms with Crippen molar-refractivity contribution < 1.29 is 14.3 Å². The highest BCUT2D eigenvalue weighted by Crippen LogP contribution is 2.17. The minimum Gasteiger partial charge on any atom is -0.383 e. The Balaban J connectivity index is 1.81. The molecule has 0 radical (unpaired) electrons. The van der Waals surface area contributed by atoms with Gasteiger partial charge in [-0.2, -0.15) is 0 Å². The van der Waals surface area contributed by atoms with E-state index in [0.29, 0.717) is 6.04 Å². The van der Waals surface area contributed by atoms with E-state index in [1.807, 2.05) is 4.90 Å². The predicted molar refractivity (Wildman–Crippen MR) is 67.2 cm³/mol. The summed E-state index contributed by atoms with van der Waals surface area (Å²) in [5.41, 5.74) is 5.78. The molecule has 0 spiro atoms. The fourth-order valence-corrected chi connectivity index (χ4v) is 2.67. The van der Waals surface area contributed by atoms with E-state index in [4.69, 9.17) is 15.2 Å². The minimum absolute atomic E-state index is 0.00705. The Kier molecular flexibility index (Phi) is 4.94. The van der Waals surface area contributed by atoms with Crippen LogP contribution < -0.4 is 5.73 Å². The van der Waals surface area contributed by atoms with Crippen molar-refractivity contribution in [1.29, 1.82) is 0 Å². The standard InChI is InChI=1S/C12H23N3O3/c1-17-9-11(13)12(16)15-3-2-10(8-15)14-4-6-18-7-5-14/h10-11H,2-9,13H2,1H3. The molecule has 0 aliphatic carbocycles. The first kappa shape index (κ1) is 13.7. The summed E-state index contributed by atoms with van der Waals surface area (Å²) in [6, 6.07) is -0.0639. The number of carbonyl (C=O) groups excluding carboxylic acids is 1. The summed E-state index contributed by atoms with van der Waals surface area (Å²) >= 11 is 0. The summed E-state index contributed by atoms with van der Waals surface area (Å²) < 4.78 is 10.3. The zero-order valence-electron chi connectivity index (χ0n) is 11.0. The second-order valence-electron chi connectivity index (χ2n) is 4.94. The molecule has 0 bridgehead atoms. The van der Waals surface area contributed by atoms with Crippen molar-refractivity contribution >= 4 is 5.91 Å². The SMILES string of the molecule is COCC(N)C(=O)N1CCC(N2CCOCC2)C1. The number of rotatable bonds is 4. The van der Waals surface area contributed by atoms with Crippen LogP contribution in [0.5, 0.6) is 0 Å². The summed E-state index contributed by atoms with van der Waals surface area (Å²) in [6.07, 6.45) is 1.03. The van der Waals surface area contributed by atoms with Crippen LogP contribution in [0.4, 0.5) is 0 Å². The van der Waals surface area contributed by atoms with Gasteiger partial charge in [-0.05, 0) is 6.42 Å². The number of carbonyl (C=O) groups is 1. The van der Waals surface area contributed by atoms with Gasteiger partial charge in [0.05, 0.1) is 19.8 Å². The molecule has 2 saturated heterocycles. The third kappa shape index (κ3) is 3.20. The molecule has 2 fully saturated rings. The number of likely N-dealkylation sites (tertiary alicyclic amines) is 1. The molecule has 2 aliphatic heterocycles. The van der Waals surface area contributed by atoms with Crippen molar-refractivity contribution in [1.82, 2.24) is 9.80 Å². The molecule has 0 saturated carbocycles. The molecule has 2 aliphatic rings. The molecule has 0 aromatic carbocycles. The van der Waals surface area contributed by atoms with E-state index in [1.165, 1.54) is 0 Å². The van der Waals surface area contributed by atoms with Crippen LogP contribution in [-0.4, -0.2) is 80.9 Å². The highest BCUT2D eigenvalue weighted by molar-refractivity contribution is 5.82. The van der Waals surface area contributed by atoms with Gasteiger partial charge in [-0.1, -0.05) is 0 Å². The largest absolute Gasteiger partial charge is 0.383 e. The highest BCUT2D eigenvalue weighted by atomic mass is 16.5. The van der Waals surface area contributed by atoms with Gasteiger partial charge in [0.1, 0.15) is 6.04 Å². The fourth-order valence-electron chi connectivity index (χ4n) is 2.67. The Morgan fingerprint density at radius 3 is 2.83 bits per heavy atom. The second kappa shape index (κ2) is 6.47. The van der Waals surface area contributed by atoms with Crippen LogP contribution >= 0.6 is 0 Å². The summed E-state index contributed by atoms with van der Waals surface area (Å²) in [5.74, 6) is 0.00705. The van der Waals surface area contributed by atoms with Crippen LogP contribution in [0, 0.1) is 0 Å². The van der Waals surface area contributed by atoms with Gasteiger partial charge in [0.25, 0.3) is 0 Å². The quantitative estimate of drug-likeness (QED) is 0.692. The molecule has 18 heavy (non-hydrogen) atoms. The number of methoxy groups -OCH3 is 1. The molecule has 6 heteroatoms. The maximum atomic E-state index is 12.0. The van der Waals surface area contributed by atoms with Gasteiger partial charge in [-0.15, -0.1) is 0 Å². The number of amides is 1. The smallest absolute Gasteiger partial charge is 0.241 e. The Hall–Kier alpha value is -0.690. The number of hydrogen-bond donors (Lipinski definition) is 1. The molecule has 1 amide bonds. The Morgan fingerprint density at radius 2 is 2.17 bits per heavy atom. The Labute approximate surface area is 108 Å². The number of hydrogen-bond acceptors (Lipinski definition) is 5. The van der Waals surface area contributed by atoms with Gasteiger partial charge in [-0.3, -0.25) is 9.69 Å². The maximum Gasteiger partial charge on any atom is 0.241 e. The fraction of sp³-hybridized carbons (Fsp3) is 0.917. The lowest BCUT2D eigenvalue weighted by atomic mass is 10.2. The molecule has 104 valence electrons. The molecular weight excluding hydrogens is 234 g/mol. The third-order valence-corrected chi connectivity index (χ3v) is 3.70. The summed E-state index contributed by atoms with van der Waals surface area (Å²) in [4.78, 5) is 16.3. The van der Waals surface area contributed by atoms with Gasteiger partial charge in [0, 0.05) is 39.3 Å². The zero-order chi connectivity index (χ0) is 13.0. The number of ether oxygens (including phenoxy) is 2. The minimum atomic E-state index is -0.529. The van der Waals surface area contributed by atoms with E-state index in [9.17, 15) is 4.79 Å². The topological polar surface area (TPSA) is 68.0 Å². The second-order valence-corrected chi connectivity index (χ2v) is 4.94. The molecule has 0 aromatic heterocycles. The summed E-state index contributed by atoms with van der Waals surface area (Å²) in [7, 11) is 1.56. The van der Waals surface area contributed by atoms with Crippen LogP contribution in [0.3, 0.4) is 0 Å². The van der Waals surface area contributed by atoms with Crippen LogP contribution in [0.25, 0.3) is 0 Å². The average Bonchev–Trinajstić information content (AvgIpc) is 2.89. The molecular formula is C12H23N3O3. The van der Waals surface area contributed by atoms with Crippen molar-refractivity contribution in [3.05, 3.63) is 0 Å². The van der Waals surface area contributed by atoms with Gasteiger partial charge in [-0.25, -0.2) is 0 Å². The van der Waals surface area contributed by atoms with E-state index in [2.05, 4.69) is 4.90 Å². The average molecular weight is 257 g/mol. The number of morpholine rings is 1. The van der Waals surface area contributed by atoms with Crippen LogP contribution in [-0.2, 0) is 14.3 Å². The van der Waals surface area contributed by atoms with Crippen molar-refractivity contribution in [3.63, 3.8) is 0 Å². The van der Waals surface area contributed by atoms with E-state index < -0.39 is 6.04 Å². The lowest BCUT2D eigenvalue weighted by Gasteiger charge is -2.32. The van der Waals surface area contributed by atoms with Crippen molar-refractivity contribution in [2.45, 2.75) is 18.5 Å². The van der Waals surface area contributed by atoms with Crippen molar-refractivity contribution in [3.8, 4) is 0 Å². The Bertz CT molecular complexity index is 282. The highest BCUT2D eigenvalue weighted by Gasteiger charge is 2.32. The van der Waals surface area contributed by atoms with Crippen LogP contribution in [0.15, 0.2) is 0 Å². The van der Waals surface area contributed by atoms with E-state index in [-0.39, 0.29) is 12.5 Å². The van der Waals surface area contributed by atoms with Crippen molar-refractivity contribution in [2.75, 3.05) is 53.1 Å². The van der Waals surface area contributed by atoms with Gasteiger partial charge in [0.15, 0.2) is 0 Å². The monoisotopic (exact) mass is 257 g/mol. The maximum absolute atomic E-state index is 12.0. The molecule has 6 nitrogen and oxygen atoms in total. The van der Waals surface area contributed by atoms with Gasteiger partial charge in [0.2, 0.25) is 5.91 Å². The lowest BCUT2D eigenvalue weighted by Crippen LogP contribution is -2.48. The predicted octanol–water partition coefficient (Wildman–Crippen LogP) is -1.11. The summed E-state index contributed by atoms with van der Waals surface area (Å²) in [5, 5.41) is 0. The normalized spacial score (nSPS) is 27.4. The summed E-state index contributed by atoms with van der Waals surface area (Å²) in [6.45, 7) is 5.42. The van der Waals surface area contributed by atoms with Gasteiger partial charge < -0.3 is 20.1 Å². The van der Waals surface area contributed by atoms with E-state index >= 15 is 0 Å². The van der Waals surface area contributed by atoms with Gasteiger partial charge >= 0.3 is 0 Å². The molecule has 2 rings (SSSR count). The molecule has 0 aromatic rings. The van der Waals surface area contributed by atoms with E-state index in [0.717, 1.165) is 45.8 Å². The third-order valence-electron chi connectivity index (χ3n) is 3.70. The lowest BCUT2D eigenvalue weighted by molar-refractivity contribution is -0.132. The van der Waals surface area contributed by atoms with Crippen LogP contribution in [0.1, 0.15) is 6.42 Å². The molecule has 2 unspecified atom stereocenters. The zero-order valence-corrected chi connectivity index (χ0v) is 11.0. The van der Waals surface area contributed by atoms with E-state index in [1.54, 1.807) is 7.11 Å². The van der Waals surface area contributed by atoms with Crippen LogP contribution in [0.2, 0.25) is 0 Å². The Morgan fingerprint density at radius 1 is 1.44 bits per heavy atom. The number of nitrogens with two attached hydrogens (primary N) is 1. The first-order valence-corrected chi connectivity index (χ1v) is 6.57. The number of nitrogens with zero attached hydrogens (tertiary/aromatic N) is 2. The molecule has 2 N–H and O–H groups in total. The first-order valence-electron chi connectivity index (χ1n) is 6.57. The molecule has 2 heterocycles. The first-order chi connectivity index (χ1) is 8.72. The molecule has 2 atom stereocenters. The van der Waals surface area contributed by atoms with Crippen molar-refractivity contribution in [2.24, 2.45) is 5.73 Å².